The van der Waals surface area contributed by atoms with Crippen LogP contribution in [0.2, 0.25) is 0 Å². The highest BCUT2D eigenvalue weighted by atomic mass is 32.3. The smallest absolute Gasteiger partial charge is 0.206 e. The molecule has 0 heterocycles. The zero-order valence-electron chi connectivity index (χ0n) is 9.02. The number of sulfonamides is 1. The van der Waals surface area contributed by atoms with Crippen molar-refractivity contribution < 1.29 is 8.42 Å². The molecule has 1 N–H and O–H groups in total. The molecule has 0 aliphatic heterocycles. The first-order valence-corrected chi connectivity index (χ1v) is 7.02. The van der Waals surface area contributed by atoms with Crippen molar-refractivity contribution in [2.45, 2.75) is 30.9 Å². The summed E-state index contributed by atoms with van der Waals surface area (Å²) in [4.78, 5) is 0.307. The van der Waals surface area contributed by atoms with Crippen LogP contribution < -0.4 is 4.13 Å². The molecule has 0 bridgehead atoms. The molecule has 0 saturated carbocycles. The average Bonchev–Trinajstić information content (AvgIpc) is 2.16. The normalized spacial score (nSPS) is 12.0. The van der Waals surface area contributed by atoms with E-state index in [9.17, 15) is 8.42 Å². The number of nitrogens with one attached hydrogen (secondary N) is 1. The molecule has 1 aromatic carbocycles. The van der Waals surface area contributed by atoms with Gasteiger partial charge in [0, 0.05) is 5.25 Å². The zero-order valence-corrected chi connectivity index (χ0v) is 10.7. The van der Waals surface area contributed by atoms with Crippen molar-refractivity contribution in [2.75, 3.05) is 0 Å². The predicted octanol–water partition coefficient (Wildman–Crippen LogP) is 2.33. The first-order valence-electron chi connectivity index (χ1n) is 4.66. The van der Waals surface area contributed by atoms with Crippen LogP contribution in [0, 0.1) is 6.92 Å². The van der Waals surface area contributed by atoms with Gasteiger partial charge in [-0.15, -0.1) is 0 Å². The van der Waals surface area contributed by atoms with Crippen LogP contribution in [0.15, 0.2) is 29.2 Å². The van der Waals surface area contributed by atoms with Crippen LogP contribution in [0.3, 0.4) is 0 Å². The molecule has 15 heavy (non-hydrogen) atoms. The van der Waals surface area contributed by atoms with E-state index in [0.29, 0.717) is 4.90 Å². The third-order valence-corrected chi connectivity index (χ3v) is 4.35. The van der Waals surface area contributed by atoms with E-state index >= 15 is 0 Å². The van der Waals surface area contributed by atoms with Gasteiger partial charge in [-0.3, -0.25) is 0 Å². The zero-order chi connectivity index (χ0) is 11.5. The van der Waals surface area contributed by atoms with Gasteiger partial charge in [-0.25, -0.2) is 8.42 Å². The highest BCUT2D eigenvalue weighted by molar-refractivity contribution is 8.09. The minimum Gasteiger partial charge on any atom is -0.206 e. The van der Waals surface area contributed by atoms with Crippen LogP contribution in [0.25, 0.3) is 0 Å². The molecule has 0 radical (unpaired) electrons. The van der Waals surface area contributed by atoms with E-state index in [2.05, 4.69) is 4.13 Å². The molecule has 0 aliphatic carbocycles. The second-order valence-corrected chi connectivity index (χ2v) is 6.89. The molecule has 0 unspecified atom stereocenters. The van der Waals surface area contributed by atoms with E-state index < -0.39 is 10.0 Å². The summed E-state index contributed by atoms with van der Waals surface area (Å²) in [6.07, 6.45) is 0. The minimum atomic E-state index is -3.36. The van der Waals surface area contributed by atoms with Crippen LogP contribution in [-0.2, 0) is 10.0 Å². The lowest BCUT2D eigenvalue weighted by Gasteiger charge is -2.07. The molecule has 5 heteroatoms. The average molecular weight is 245 g/mol. The van der Waals surface area contributed by atoms with E-state index in [1.54, 1.807) is 24.3 Å². The summed E-state index contributed by atoms with van der Waals surface area (Å²) < 4.78 is 25.9. The van der Waals surface area contributed by atoms with Crippen molar-refractivity contribution in [3.05, 3.63) is 29.8 Å². The molecular weight excluding hydrogens is 230 g/mol. The van der Waals surface area contributed by atoms with Gasteiger partial charge in [-0.1, -0.05) is 43.5 Å². The summed E-state index contributed by atoms with van der Waals surface area (Å²) in [7, 11) is -3.36. The van der Waals surface area contributed by atoms with Gasteiger partial charge in [0.2, 0.25) is 10.0 Å². The number of hydrogen-bond donors (Lipinski definition) is 1. The molecular formula is C10H15NO2S2. The Morgan fingerprint density at radius 2 is 1.73 bits per heavy atom. The summed E-state index contributed by atoms with van der Waals surface area (Å²) in [5.41, 5.74) is 1.05. The SMILES string of the molecule is Cc1ccc(S(=O)(=O)NSC(C)C)cc1. The Balaban J connectivity index is 2.82. The van der Waals surface area contributed by atoms with Crippen molar-refractivity contribution in [2.24, 2.45) is 0 Å². The fourth-order valence-electron chi connectivity index (χ4n) is 0.925. The third-order valence-electron chi connectivity index (χ3n) is 1.72. The molecule has 0 atom stereocenters. The summed E-state index contributed by atoms with van der Waals surface area (Å²) in [6, 6.07) is 6.79. The van der Waals surface area contributed by atoms with Gasteiger partial charge in [0.05, 0.1) is 4.90 Å². The standard InChI is InChI=1S/C10H15NO2S2/c1-8(2)14-11-15(12,13)10-6-4-9(3)5-7-10/h4-8,11H,1-3H3. The monoisotopic (exact) mass is 245 g/mol. The van der Waals surface area contributed by atoms with Crippen LogP contribution in [0.5, 0.6) is 0 Å². The maximum absolute atomic E-state index is 11.7. The van der Waals surface area contributed by atoms with Crippen LogP contribution in [-0.4, -0.2) is 13.7 Å². The maximum atomic E-state index is 11.7. The Morgan fingerprint density at radius 1 is 1.20 bits per heavy atom. The van der Waals surface area contributed by atoms with Gasteiger partial charge < -0.3 is 0 Å². The molecule has 0 amide bonds. The van der Waals surface area contributed by atoms with E-state index in [0.717, 1.165) is 5.56 Å². The number of hydrogen-bond acceptors (Lipinski definition) is 3. The lowest BCUT2D eigenvalue weighted by Crippen LogP contribution is -2.18. The Morgan fingerprint density at radius 3 is 2.20 bits per heavy atom. The van der Waals surface area contributed by atoms with Crippen LogP contribution in [0.4, 0.5) is 0 Å². The Labute approximate surface area is 95.5 Å². The van der Waals surface area contributed by atoms with Crippen molar-refractivity contribution in [3.8, 4) is 0 Å². The van der Waals surface area contributed by atoms with Gasteiger partial charge >= 0.3 is 0 Å². The first-order chi connectivity index (χ1) is 6.92. The van der Waals surface area contributed by atoms with E-state index in [1.165, 1.54) is 11.9 Å². The van der Waals surface area contributed by atoms with Gasteiger partial charge in [0.25, 0.3) is 0 Å². The molecule has 0 saturated heterocycles. The molecule has 0 fully saturated rings. The van der Waals surface area contributed by atoms with E-state index in [1.807, 2.05) is 20.8 Å². The van der Waals surface area contributed by atoms with Gasteiger partial charge in [0.15, 0.2) is 0 Å². The molecule has 84 valence electrons. The number of benzene rings is 1. The molecule has 0 spiro atoms. The summed E-state index contributed by atoms with van der Waals surface area (Å²) in [6.45, 7) is 5.79. The lowest BCUT2D eigenvalue weighted by molar-refractivity contribution is 0.594. The Hall–Kier alpha value is -0.520. The minimum absolute atomic E-state index is 0.227. The van der Waals surface area contributed by atoms with Crippen molar-refractivity contribution >= 4 is 22.0 Å². The van der Waals surface area contributed by atoms with Crippen molar-refractivity contribution in [1.29, 1.82) is 0 Å². The largest absolute Gasteiger partial charge is 0.249 e. The lowest BCUT2D eigenvalue weighted by atomic mass is 10.2. The van der Waals surface area contributed by atoms with Crippen molar-refractivity contribution in [3.63, 3.8) is 0 Å². The Kier molecular flexibility index (Phi) is 4.19. The van der Waals surface area contributed by atoms with E-state index in [4.69, 9.17) is 0 Å². The van der Waals surface area contributed by atoms with Crippen LogP contribution >= 0.6 is 11.9 Å². The van der Waals surface area contributed by atoms with Crippen LogP contribution in [0.1, 0.15) is 19.4 Å². The second kappa shape index (κ2) is 5.01. The summed E-state index contributed by atoms with van der Waals surface area (Å²) in [5, 5.41) is 0.227. The quantitative estimate of drug-likeness (QED) is 0.828. The van der Waals surface area contributed by atoms with Crippen molar-refractivity contribution in [1.82, 2.24) is 4.13 Å². The third kappa shape index (κ3) is 3.85. The highest BCUT2D eigenvalue weighted by Crippen LogP contribution is 2.14. The number of aryl methyl sites for hydroxylation is 1. The first kappa shape index (κ1) is 12.5. The van der Waals surface area contributed by atoms with E-state index in [-0.39, 0.29) is 5.25 Å². The maximum Gasteiger partial charge on any atom is 0.249 e. The molecule has 3 nitrogen and oxygen atoms in total. The van der Waals surface area contributed by atoms with Gasteiger partial charge in [-0.05, 0) is 19.1 Å². The molecule has 1 aromatic rings. The fraction of sp³-hybridized carbons (Fsp3) is 0.400. The Bertz CT molecular complexity index is 410. The second-order valence-electron chi connectivity index (χ2n) is 3.57. The van der Waals surface area contributed by atoms with Gasteiger partial charge in [-0.2, -0.15) is 4.13 Å². The highest BCUT2D eigenvalue weighted by Gasteiger charge is 2.13. The molecule has 0 aromatic heterocycles. The molecule has 0 aliphatic rings. The number of rotatable bonds is 4. The topological polar surface area (TPSA) is 46.2 Å². The van der Waals surface area contributed by atoms with Gasteiger partial charge in [0.1, 0.15) is 0 Å². The predicted molar refractivity (Wildman–Crippen MR) is 64.2 cm³/mol. The molecule has 1 rings (SSSR count). The fourth-order valence-corrected chi connectivity index (χ4v) is 3.08. The summed E-state index contributed by atoms with van der Waals surface area (Å²) in [5.74, 6) is 0. The summed E-state index contributed by atoms with van der Waals surface area (Å²) >= 11 is 1.20.